The largest absolute Gasteiger partial charge is 0.382 e. The Morgan fingerprint density at radius 3 is 2.38 bits per heavy atom. The van der Waals surface area contributed by atoms with Gasteiger partial charge in [-0.15, -0.1) is 0 Å². The molecule has 0 fully saturated rings. The SMILES string of the molecule is CC(C)(N)CNc1ccccc1S(C)(=O)=O. The molecular weight excluding hydrogens is 224 g/mol. The molecule has 0 aliphatic heterocycles. The number of para-hydroxylation sites is 1. The second kappa shape index (κ2) is 4.43. The maximum atomic E-state index is 11.5. The van der Waals surface area contributed by atoms with Crippen molar-refractivity contribution in [2.24, 2.45) is 5.73 Å². The van der Waals surface area contributed by atoms with Crippen LogP contribution in [0.5, 0.6) is 0 Å². The van der Waals surface area contributed by atoms with Crippen molar-refractivity contribution >= 4 is 15.5 Å². The number of hydrogen-bond acceptors (Lipinski definition) is 4. The lowest BCUT2D eigenvalue weighted by atomic mass is 10.1. The summed E-state index contributed by atoms with van der Waals surface area (Å²) in [5.41, 5.74) is 6.05. The van der Waals surface area contributed by atoms with Crippen LogP contribution in [0.4, 0.5) is 5.69 Å². The quantitative estimate of drug-likeness (QED) is 0.833. The summed E-state index contributed by atoms with van der Waals surface area (Å²) in [5.74, 6) is 0. The molecule has 1 aromatic carbocycles. The molecule has 0 bridgehead atoms. The summed E-state index contributed by atoms with van der Waals surface area (Å²) in [6.45, 7) is 4.27. The first-order valence-electron chi connectivity index (χ1n) is 5.02. The molecule has 0 saturated heterocycles. The van der Waals surface area contributed by atoms with E-state index in [4.69, 9.17) is 5.73 Å². The molecule has 0 heterocycles. The van der Waals surface area contributed by atoms with E-state index in [1.165, 1.54) is 6.26 Å². The Bertz CT molecular complexity index is 461. The van der Waals surface area contributed by atoms with Gasteiger partial charge in [-0.2, -0.15) is 0 Å². The molecule has 90 valence electrons. The molecule has 4 nitrogen and oxygen atoms in total. The third-order valence-corrected chi connectivity index (χ3v) is 3.18. The highest BCUT2D eigenvalue weighted by atomic mass is 32.2. The average Bonchev–Trinajstić information content (AvgIpc) is 2.12. The van der Waals surface area contributed by atoms with Crippen LogP contribution in [0, 0.1) is 0 Å². The lowest BCUT2D eigenvalue weighted by Gasteiger charge is -2.20. The lowest BCUT2D eigenvalue weighted by Crippen LogP contribution is -2.39. The van der Waals surface area contributed by atoms with Crippen molar-refractivity contribution < 1.29 is 8.42 Å². The van der Waals surface area contributed by atoms with Crippen molar-refractivity contribution in [2.45, 2.75) is 24.3 Å². The highest BCUT2D eigenvalue weighted by molar-refractivity contribution is 7.90. The van der Waals surface area contributed by atoms with E-state index in [9.17, 15) is 8.42 Å². The van der Waals surface area contributed by atoms with Crippen molar-refractivity contribution in [3.05, 3.63) is 24.3 Å². The number of sulfone groups is 1. The van der Waals surface area contributed by atoms with Gasteiger partial charge >= 0.3 is 0 Å². The first-order valence-corrected chi connectivity index (χ1v) is 6.91. The Labute approximate surface area is 96.8 Å². The molecular formula is C11H18N2O2S. The van der Waals surface area contributed by atoms with E-state index in [-0.39, 0.29) is 5.54 Å². The van der Waals surface area contributed by atoms with Crippen LogP contribution < -0.4 is 11.1 Å². The average molecular weight is 242 g/mol. The van der Waals surface area contributed by atoms with E-state index in [1.807, 2.05) is 13.8 Å². The van der Waals surface area contributed by atoms with Crippen LogP contribution in [0.25, 0.3) is 0 Å². The molecule has 0 radical (unpaired) electrons. The minimum Gasteiger partial charge on any atom is -0.382 e. The van der Waals surface area contributed by atoms with Gasteiger partial charge in [0, 0.05) is 18.3 Å². The van der Waals surface area contributed by atoms with Crippen LogP contribution in [0.3, 0.4) is 0 Å². The van der Waals surface area contributed by atoms with Crippen molar-refractivity contribution in [1.82, 2.24) is 0 Å². The molecule has 1 rings (SSSR count). The van der Waals surface area contributed by atoms with Crippen LogP contribution in [-0.2, 0) is 9.84 Å². The summed E-state index contributed by atoms with van der Waals surface area (Å²) in [7, 11) is -3.20. The van der Waals surface area contributed by atoms with Crippen molar-refractivity contribution in [1.29, 1.82) is 0 Å². The number of nitrogens with two attached hydrogens (primary N) is 1. The number of benzene rings is 1. The third-order valence-electron chi connectivity index (χ3n) is 2.02. The van der Waals surface area contributed by atoms with Crippen molar-refractivity contribution in [3.63, 3.8) is 0 Å². The Morgan fingerprint density at radius 1 is 1.31 bits per heavy atom. The van der Waals surface area contributed by atoms with E-state index in [0.29, 0.717) is 17.1 Å². The van der Waals surface area contributed by atoms with Crippen LogP contribution in [0.1, 0.15) is 13.8 Å². The standard InChI is InChI=1S/C11H18N2O2S/c1-11(2,12)8-13-9-6-4-5-7-10(9)16(3,14)15/h4-7,13H,8,12H2,1-3H3. The Morgan fingerprint density at radius 2 is 1.88 bits per heavy atom. The van der Waals surface area contributed by atoms with Crippen molar-refractivity contribution in [3.8, 4) is 0 Å². The zero-order valence-corrected chi connectivity index (χ0v) is 10.6. The molecule has 16 heavy (non-hydrogen) atoms. The predicted molar refractivity (Wildman–Crippen MR) is 66.3 cm³/mol. The van der Waals surface area contributed by atoms with E-state index >= 15 is 0 Å². The topological polar surface area (TPSA) is 72.2 Å². The smallest absolute Gasteiger partial charge is 0.177 e. The van der Waals surface area contributed by atoms with Gasteiger partial charge in [0.05, 0.1) is 10.6 Å². The van der Waals surface area contributed by atoms with Gasteiger partial charge in [-0.05, 0) is 26.0 Å². The maximum absolute atomic E-state index is 11.5. The van der Waals surface area contributed by atoms with Gasteiger partial charge in [-0.3, -0.25) is 0 Å². The minimum absolute atomic E-state index is 0.305. The molecule has 0 amide bonds. The fourth-order valence-corrected chi connectivity index (χ4v) is 2.12. The first-order chi connectivity index (χ1) is 7.20. The minimum atomic E-state index is -3.20. The zero-order valence-electron chi connectivity index (χ0n) is 9.82. The Hall–Kier alpha value is -1.07. The molecule has 0 aliphatic carbocycles. The predicted octanol–water partition coefficient (Wildman–Crippen LogP) is 1.24. The molecule has 5 heteroatoms. The molecule has 0 atom stereocenters. The summed E-state index contributed by atoms with van der Waals surface area (Å²) < 4.78 is 23.0. The van der Waals surface area contributed by atoms with E-state index in [2.05, 4.69) is 5.32 Å². The monoisotopic (exact) mass is 242 g/mol. The fraction of sp³-hybridized carbons (Fsp3) is 0.455. The number of nitrogens with one attached hydrogen (secondary N) is 1. The summed E-state index contributed by atoms with van der Waals surface area (Å²) in [6, 6.07) is 6.82. The Kier molecular flexibility index (Phi) is 3.60. The highest BCUT2D eigenvalue weighted by Crippen LogP contribution is 2.20. The maximum Gasteiger partial charge on any atom is 0.177 e. The number of rotatable bonds is 4. The zero-order chi connectivity index (χ0) is 12.4. The summed E-state index contributed by atoms with van der Waals surface area (Å²) >= 11 is 0. The first kappa shape index (κ1) is 13.0. The number of hydrogen-bond donors (Lipinski definition) is 2. The van der Waals surface area contributed by atoms with E-state index in [1.54, 1.807) is 24.3 Å². The molecule has 3 N–H and O–H groups in total. The van der Waals surface area contributed by atoms with Crippen molar-refractivity contribution in [2.75, 3.05) is 18.1 Å². The highest BCUT2D eigenvalue weighted by Gasteiger charge is 2.15. The summed E-state index contributed by atoms with van der Waals surface area (Å²) in [5, 5.41) is 3.06. The molecule has 0 aliphatic rings. The number of anilines is 1. The molecule has 1 aromatic rings. The van der Waals surface area contributed by atoms with E-state index in [0.717, 1.165) is 0 Å². The van der Waals surface area contributed by atoms with Crippen LogP contribution in [0.2, 0.25) is 0 Å². The van der Waals surface area contributed by atoms with Gasteiger partial charge in [0.15, 0.2) is 9.84 Å². The molecule has 0 unspecified atom stereocenters. The van der Waals surface area contributed by atoms with Gasteiger partial charge in [0.2, 0.25) is 0 Å². The van der Waals surface area contributed by atoms with Crippen LogP contribution >= 0.6 is 0 Å². The Balaban J connectivity index is 2.97. The van der Waals surface area contributed by atoms with Gasteiger partial charge in [0.25, 0.3) is 0 Å². The van der Waals surface area contributed by atoms with Gasteiger partial charge in [-0.1, -0.05) is 12.1 Å². The molecule has 0 spiro atoms. The molecule has 0 aromatic heterocycles. The van der Waals surface area contributed by atoms with Crippen LogP contribution in [-0.4, -0.2) is 26.8 Å². The summed E-state index contributed by atoms with van der Waals surface area (Å²) in [6.07, 6.45) is 1.20. The van der Waals surface area contributed by atoms with Crippen LogP contribution in [0.15, 0.2) is 29.2 Å². The summed E-state index contributed by atoms with van der Waals surface area (Å²) in [4.78, 5) is 0.305. The molecule has 0 saturated carbocycles. The fourth-order valence-electron chi connectivity index (χ4n) is 1.26. The van der Waals surface area contributed by atoms with E-state index < -0.39 is 9.84 Å². The second-order valence-electron chi connectivity index (χ2n) is 4.61. The normalized spacial score (nSPS) is 12.5. The lowest BCUT2D eigenvalue weighted by molar-refractivity contribution is 0.548. The van der Waals surface area contributed by atoms with Gasteiger partial charge in [-0.25, -0.2) is 8.42 Å². The second-order valence-corrected chi connectivity index (χ2v) is 6.59. The van der Waals surface area contributed by atoms with Gasteiger partial charge in [0.1, 0.15) is 0 Å². The third kappa shape index (κ3) is 3.83. The van der Waals surface area contributed by atoms with Gasteiger partial charge < -0.3 is 11.1 Å².